The molecule has 1 atom stereocenters. The molecule has 1 unspecified atom stereocenters. The van der Waals surface area contributed by atoms with Gasteiger partial charge in [-0.2, -0.15) is 0 Å². The summed E-state index contributed by atoms with van der Waals surface area (Å²) < 4.78 is 21.2. The van der Waals surface area contributed by atoms with Crippen molar-refractivity contribution >= 4 is 17.5 Å². The second kappa shape index (κ2) is 7.97. The third-order valence-electron chi connectivity index (χ3n) is 4.52. The summed E-state index contributed by atoms with van der Waals surface area (Å²) in [6, 6.07) is 4.07. The Morgan fingerprint density at radius 3 is 3.12 bits per heavy atom. The molecule has 5 nitrogen and oxygen atoms in total. The van der Waals surface area contributed by atoms with Crippen molar-refractivity contribution in [1.29, 1.82) is 0 Å². The van der Waals surface area contributed by atoms with E-state index in [9.17, 15) is 9.18 Å². The summed E-state index contributed by atoms with van der Waals surface area (Å²) in [7, 11) is 1.66. The van der Waals surface area contributed by atoms with E-state index in [2.05, 4.69) is 9.55 Å². The fraction of sp³-hybridized carbons (Fsp3) is 0.444. The zero-order valence-electron chi connectivity index (χ0n) is 14.1. The number of hydrogen-bond acceptors (Lipinski definition) is 3. The van der Waals surface area contributed by atoms with Crippen LogP contribution in [0.25, 0.3) is 0 Å². The fourth-order valence-electron chi connectivity index (χ4n) is 3.26. The number of carbonyl (C=O) groups is 1. The molecular weight excluding hydrogens is 345 g/mol. The standard InChI is InChI=1S/C18H21ClFN3O2/c1-25-10-9-22-8-6-21-17(22)13-3-2-7-23(12-13)18(24)15-11-14(19)4-5-16(15)20/h4-6,8,11,13H,2-3,7,9-10,12H2,1H3. The van der Waals surface area contributed by atoms with Crippen LogP contribution in [0.1, 0.15) is 34.9 Å². The number of benzene rings is 1. The van der Waals surface area contributed by atoms with E-state index in [-0.39, 0.29) is 17.4 Å². The van der Waals surface area contributed by atoms with Crippen LogP contribution in [0.3, 0.4) is 0 Å². The Morgan fingerprint density at radius 1 is 1.48 bits per heavy atom. The lowest BCUT2D eigenvalue weighted by atomic mass is 9.96. The van der Waals surface area contributed by atoms with E-state index in [1.165, 1.54) is 18.2 Å². The lowest BCUT2D eigenvalue weighted by molar-refractivity contribution is 0.0698. The van der Waals surface area contributed by atoms with Gasteiger partial charge in [-0.25, -0.2) is 9.37 Å². The highest BCUT2D eigenvalue weighted by Crippen LogP contribution is 2.27. The van der Waals surface area contributed by atoms with E-state index in [0.717, 1.165) is 25.2 Å². The van der Waals surface area contributed by atoms with Crippen LogP contribution in [-0.2, 0) is 11.3 Å². The Morgan fingerprint density at radius 2 is 2.32 bits per heavy atom. The van der Waals surface area contributed by atoms with Gasteiger partial charge in [0.15, 0.2) is 0 Å². The predicted octanol–water partition coefficient (Wildman–Crippen LogP) is 3.34. The summed E-state index contributed by atoms with van der Waals surface area (Å²) in [5, 5.41) is 0.355. The van der Waals surface area contributed by atoms with Gasteiger partial charge < -0.3 is 14.2 Å². The fourth-order valence-corrected chi connectivity index (χ4v) is 3.44. The van der Waals surface area contributed by atoms with Gasteiger partial charge in [-0.3, -0.25) is 4.79 Å². The number of halogens is 2. The molecule has 2 aromatic rings. The van der Waals surface area contributed by atoms with E-state index < -0.39 is 5.82 Å². The molecule has 1 saturated heterocycles. The number of piperidine rings is 1. The first-order chi connectivity index (χ1) is 12.1. The smallest absolute Gasteiger partial charge is 0.256 e. The maximum Gasteiger partial charge on any atom is 0.256 e. The van der Waals surface area contributed by atoms with Gasteiger partial charge in [0.05, 0.1) is 12.2 Å². The highest BCUT2D eigenvalue weighted by atomic mass is 35.5. The Bertz CT molecular complexity index is 750. The number of amides is 1. The highest BCUT2D eigenvalue weighted by molar-refractivity contribution is 6.31. The van der Waals surface area contributed by atoms with Crippen molar-refractivity contribution in [1.82, 2.24) is 14.5 Å². The largest absolute Gasteiger partial charge is 0.383 e. The van der Waals surface area contributed by atoms with E-state index in [1.807, 2.05) is 6.20 Å². The number of carbonyl (C=O) groups excluding carboxylic acids is 1. The highest BCUT2D eigenvalue weighted by Gasteiger charge is 2.29. The Labute approximate surface area is 151 Å². The number of nitrogens with zero attached hydrogens (tertiary/aromatic N) is 3. The Kier molecular flexibility index (Phi) is 5.71. The molecule has 1 aromatic heterocycles. The minimum atomic E-state index is -0.543. The number of methoxy groups -OCH3 is 1. The van der Waals surface area contributed by atoms with Gasteiger partial charge in [-0.05, 0) is 31.0 Å². The molecule has 1 fully saturated rings. The molecule has 0 N–H and O–H groups in total. The molecule has 0 radical (unpaired) electrons. The zero-order chi connectivity index (χ0) is 17.8. The molecule has 7 heteroatoms. The lowest BCUT2D eigenvalue weighted by Crippen LogP contribution is -2.40. The van der Waals surface area contributed by atoms with Gasteiger partial charge in [0.25, 0.3) is 5.91 Å². The monoisotopic (exact) mass is 365 g/mol. The lowest BCUT2D eigenvalue weighted by Gasteiger charge is -2.33. The SMILES string of the molecule is COCCn1ccnc1C1CCCN(C(=O)c2cc(Cl)ccc2F)C1. The molecule has 25 heavy (non-hydrogen) atoms. The summed E-state index contributed by atoms with van der Waals surface area (Å²) >= 11 is 5.92. The number of ether oxygens (including phenoxy) is 1. The van der Waals surface area contributed by atoms with Crippen LogP contribution in [0.15, 0.2) is 30.6 Å². The minimum Gasteiger partial charge on any atom is -0.383 e. The van der Waals surface area contributed by atoms with Crippen molar-refractivity contribution in [2.75, 3.05) is 26.8 Å². The van der Waals surface area contributed by atoms with Gasteiger partial charge in [0.2, 0.25) is 0 Å². The molecule has 0 spiro atoms. The summed E-state index contributed by atoms with van der Waals surface area (Å²) in [5.41, 5.74) is 0.0240. The van der Waals surface area contributed by atoms with Crippen LogP contribution >= 0.6 is 11.6 Å². The number of likely N-dealkylation sites (tertiary alicyclic amines) is 1. The van der Waals surface area contributed by atoms with Crippen LogP contribution in [0.4, 0.5) is 4.39 Å². The maximum atomic E-state index is 14.0. The predicted molar refractivity (Wildman–Crippen MR) is 93.4 cm³/mol. The van der Waals surface area contributed by atoms with Crippen molar-refractivity contribution in [2.45, 2.75) is 25.3 Å². The first-order valence-corrected chi connectivity index (χ1v) is 8.72. The molecule has 0 saturated carbocycles. The van der Waals surface area contributed by atoms with Gasteiger partial charge in [0, 0.05) is 50.1 Å². The molecule has 3 rings (SSSR count). The number of hydrogen-bond donors (Lipinski definition) is 0. The first-order valence-electron chi connectivity index (χ1n) is 8.34. The normalized spacial score (nSPS) is 17.7. The van der Waals surface area contributed by atoms with Gasteiger partial charge >= 0.3 is 0 Å². The van der Waals surface area contributed by atoms with E-state index >= 15 is 0 Å². The summed E-state index contributed by atoms with van der Waals surface area (Å²) in [6.07, 6.45) is 5.50. The molecule has 134 valence electrons. The molecule has 1 aliphatic heterocycles. The van der Waals surface area contributed by atoms with Crippen molar-refractivity contribution in [3.63, 3.8) is 0 Å². The van der Waals surface area contributed by atoms with Crippen LogP contribution in [0, 0.1) is 5.82 Å². The number of aromatic nitrogens is 2. The van der Waals surface area contributed by atoms with E-state index in [4.69, 9.17) is 16.3 Å². The quantitative estimate of drug-likeness (QED) is 0.816. The second-order valence-electron chi connectivity index (χ2n) is 6.19. The second-order valence-corrected chi connectivity index (χ2v) is 6.62. The molecule has 1 amide bonds. The molecular formula is C18H21ClFN3O2. The topological polar surface area (TPSA) is 47.4 Å². The number of rotatable bonds is 5. The van der Waals surface area contributed by atoms with Crippen LogP contribution < -0.4 is 0 Å². The molecule has 1 aromatic carbocycles. The minimum absolute atomic E-state index is 0.0240. The molecule has 1 aliphatic rings. The Balaban J connectivity index is 1.76. The van der Waals surface area contributed by atoms with Gasteiger partial charge in [-0.15, -0.1) is 0 Å². The Hall–Kier alpha value is -1.92. The van der Waals surface area contributed by atoms with Crippen molar-refractivity contribution < 1.29 is 13.9 Å². The summed E-state index contributed by atoms with van der Waals surface area (Å²) in [4.78, 5) is 18.9. The van der Waals surface area contributed by atoms with E-state index in [0.29, 0.717) is 24.7 Å². The van der Waals surface area contributed by atoms with E-state index in [1.54, 1.807) is 18.2 Å². The zero-order valence-corrected chi connectivity index (χ0v) is 14.9. The van der Waals surface area contributed by atoms with Crippen LogP contribution in [0.2, 0.25) is 5.02 Å². The van der Waals surface area contributed by atoms with Crippen molar-refractivity contribution in [3.8, 4) is 0 Å². The third-order valence-corrected chi connectivity index (χ3v) is 4.75. The van der Waals surface area contributed by atoms with Crippen molar-refractivity contribution in [2.24, 2.45) is 0 Å². The maximum absolute atomic E-state index is 14.0. The first kappa shape index (κ1) is 17.9. The van der Waals surface area contributed by atoms with Crippen LogP contribution in [0.5, 0.6) is 0 Å². The van der Waals surface area contributed by atoms with Gasteiger partial charge in [0.1, 0.15) is 11.6 Å². The molecule has 0 aliphatic carbocycles. The average Bonchev–Trinajstić information content (AvgIpc) is 3.10. The third kappa shape index (κ3) is 4.02. The van der Waals surface area contributed by atoms with Crippen molar-refractivity contribution in [3.05, 3.63) is 52.8 Å². The number of imidazole rings is 1. The van der Waals surface area contributed by atoms with Crippen LogP contribution in [-0.4, -0.2) is 47.2 Å². The molecule has 0 bridgehead atoms. The average molecular weight is 366 g/mol. The summed E-state index contributed by atoms with van der Waals surface area (Å²) in [5.74, 6) is 0.214. The van der Waals surface area contributed by atoms with Gasteiger partial charge in [-0.1, -0.05) is 11.6 Å². The molecule has 2 heterocycles. The summed E-state index contributed by atoms with van der Waals surface area (Å²) in [6.45, 7) is 2.46.